The van der Waals surface area contributed by atoms with E-state index < -0.39 is 26.3 Å². The van der Waals surface area contributed by atoms with Crippen LogP contribution in [-0.4, -0.2) is 26.0 Å². The van der Waals surface area contributed by atoms with E-state index in [4.69, 9.17) is 0 Å². The van der Waals surface area contributed by atoms with E-state index in [1.54, 1.807) is 13.8 Å². The van der Waals surface area contributed by atoms with Crippen molar-refractivity contribution >= 4 is 31.5 Å². The number of hydrogen-bond acceptors (Lipinski definition) is 3. The topological polar surface area (TPSA) is 46.2 Å². The van der Waals surface area contributed by atoms with Crippen molar-refractivity contribution < 1.29 is 21.6 Å². The van der Waals surface area contributed by atoms with Crippen LogP contribution in [0.15, 0.2) is 22.7 Å². The fourth-order valence-corrected chi connectivity index (χ4v) is 2.13. The molecule has 0 saturated carbocycles. The summed E-state index contributed by atoms with van der Waals surface area (Å²) in [6.07, 6.45) is -3.29. The predicted octanol–water partition coefficient (Wildman–Crippen LogP) is 3.70. The fraction of sp³-hybridized carbons (Fsp3) is 0.500. The van der Waals surface area contributed by atoms with Gasteiger partial charge >= 0.3 is 6.18 Å². The van der Waals surface area contributed by atoms with Crippen molar-refractivity contribution in [2.75, 3.05) is 18.1 Å². The second kappa shape index (κ2) is 5.55. The van der Waals surface area contributed by atoms with Gasteiger partial charge < -0.3 is 5.32 Å². The van der Waals surface area contributed by atoms with Crippen LogP contribution in [0.5, 0.6) is 0 Å². The number of alkyl halides is 3. The van der Waals surface area contributed by atoms with Gasteiger partial charge in [0.25, 0.3) is 0 Å². The van der Waals surface area contributed by atoms with Crippen LogP contribution in [0, 0.1) is 0 Å². The molecule has 0 fully saturated rings. The molecule has 0 amide bonds. The summed E-state index contributed by atoms with van der Waals surface area (Å²) in [4.78, 5) is 0. The molecule has 3 nitrogen and oxygen atoms in total. The maximum Gasteiger partial charge on any atom is 0.416 e. The van der Waals surface area contributed by atoms with Gasteiger partial charge in [0.15, 0.2) is 9.84 Å². The minimum Gasteiger partial charge on any atom is -0.383 e. The van der Waals surface area contributed by atoms with Gasteiger partial charge in [-0.1, -0.05) is 0 Å². The first kappa shape index (κ1) is 17.3. The van der Waals surface area contributed by atoms with Crippen molar-refractivity contribution in [1.29, 1.82) is 0 Å². The van der Waals surface area contributed by atoms with E-state index in [9.17, 15) is 21.6 Å². The van der Waals surface area contributed by atoms with Crippen molar-refractivity contribution in [2.24, 2.45) is 0 Å². The average molecular weight is 374 g/mol. The Morgan fingerprint density at radius 2 is 1.80 bits per heavy atom. The lowest BCUT2D eigenvalue weighted by Gasteiger charge is -2.24. The van der Waals surface area contributed by atoms with Crippen LogP contribution in [0.3, 0.4) is 0 Å². The quantitative estimate of drug-likeness (QED) is 0.874. The molecule has 1 rings (SSSR count). The number of benzene rings is 1. The third-order valence-electron chi connectivity index (χ3n) is 3.00. The Labute approximate surface area is 124 Å². The highest BCUT2D eigenvalue weighted by atomic mass is 79.9. The maximum atomic E-state index is 12.5. The van der Waals surface area contributed by atoms with Crippen LogP contribution >= 0.6 is 15.9 Å². The molecule has 0 spiro atoms. The lowest BCUT2D eigenvalue weighted by atomic mass is 10.1. The van der Waals surface area contributed by atoms with E-state index in [0.29, 0.717) is 5.69 Å². The van der Waals surface area contributed by atoms with Gasteiger partial charge in [-0.2, -0.15) is 13.2 Å². The van der Waals surface area contributed by atoms with Crippen LogP contribution in [0.25, 0.3) is 0 Å². The van der Waals surface area contributed by atoms with Gasteiger partial charge in [-0.15, -0.1) is 0 Å². The molecule has 0 atom stereocenters. The average Bonchev–Trinajstić information content (AvgIpc) is 2.24. The molecule has 0 aromatic heterocycles. The van der Waals surface area contributed by atoms with Gasteiger partial charge in [0, 0.05) is 23.0 Å². The number of nitrogens with one attached hydrogen (secondary N) is 1. The zero-order valence-electron chi connectivity index (χ0n) is 11.2. The molecule has 20 heavy (non-hydrogen) atoms. The van der Waals surface area contributed by atoms with Crippen LogP contribution in [-0.2, 0) is 16.0 Å². The smallest absolute Gasteiger partial charge is 0.383 e. The largest absolute Gasteiger partial charge is 0.416 e. The van der Waals surface area contributed by atoms with E-state index >= 15 is 0 Å². The van der Waals surface area contributed by atoms with Gasteiger partial charge in [0.2, 0.25) is 0 Å². The highest BCUT2D eigenvalue weighted by Crippen LogP contribution is 2.34. The normalized spacial score (nSPS) is 13.3. The third-order valence-corrected chi connectivity index (χ3v) is 5.81. The molecular formula is C12H15BrF3NO2S. The van der Waals surface area contributed by atoms with Crippen molar-refractivity contribution in [3.8, 4) is 0 Å². The Morgan fingerprint density at radius 1 is 1.25 bits per heavy atom. The van der Waals surface area contributed by atoms with Gasteiger partial charge in [0.1, 0.15) is 0 Å². The van der Waals surface area contributed by atoms with E-state index in [2.05, 4.69) is 21.2 Å². The Morgan fingerprint density at radius 3 is 2.20 bits per heavy atom. The van der Waals surface area contributed by atoms with Crippen molar-refractivity contribution in [1.82, 2.24) is 0 Å². The first-order chi connectivity index (χ1) is 8.84. The van der Waals surface area contributed by atoms with Crippen molar-refractivity contribution in [2.45, 2.75) is 24.8 Å². The molecule has 0 heterocycles. The molecule has 0 aliphatic rings. The Hall–Kier alpha value is -0.760. The highest BCUT2D eigenvalue weighted by Gasteiger charge is 2.32. The number of rotatable bonds is 4. The molecule has 0 radical (unpaired) electrons. The first-order valence-electron chi connectivity index (χ1n) is 5.65. The maximum absolute atomic E-state index is 12.5. The number of hydrogen-bond donors (Lipinski definition) is 1. The summed E-state index contributed by atoms with van der Waals surface area (Å²) >= 11 is 3.05. The summed E-state index contributed by atoms with van der Waals surface area (Å²) in [7, 11) is -3.27. The summed E-state index contributed by atoms with van der Waals surface area (Å²) < 4.78 is 59.8. The summed E-state index contributed by atoms with van der Waals surface area (Å²) in [5.41, 5.74) is -0.355. The molecule has 1 aromatic rings. The van der Waals surface area contributed by atoms with E-state index in [1.807, 2.05) is 0 Å². The second-order valence-corrected chi connectivity index (χ2v) is 8.58. The lowest BCUT2D eigenvalue weighted by molar-refractivity contribution is -0.137. The van der Waals surface area contributed by atoms with Crippen LogP contribution in [0.2, 0.25) is 0 Å². The SMILES string of the molecule is CC(C)(CNc1ccc(C(F)(F)F)cc1Br)S(C)(=O)=O. The van der Waals surface area contributed by atoms with E-state index in [1.165, 1.54) is 6.07 Å². The predicted molar refractivity (Wildman–Crippen MR) is 76.6 cm³/mol. The molecule has 1 N–H and O–H groups in total. The molecule has 0 unspecified atom stereocenters. The number of halogens is 4. The Balaban J connectivity index is 2.91. The summed E-state index contributed by atoms with van der Waals surface area (Å²) in [6, 6.07) is 3.17. The molecule has 114 valence electrons. The number of sulfone groups is 1. The Bertz CT molecular complexity index is 597. The molecule has 1 aromatic carbocycles. The zero-order chi connectivity index (χ0) is 15.8. The second-order valence-electron chi connectivity index (χ2n) is 5.08. The minimum absolute atomic E-state index is 0.0931. The van der Waals surface area contributed by atoms with Crippen LogP contribution in [0.1, 0.15) is 19.4 Å². The van der Waals surface area contributed by atoms with Gasteiger partial charge in [-0.25, -0.2) is 8.42 Å². The van der Waals surface area contributed by atoms with Crippen LogP contribution < -0.4 is 5.32 Å². The van der Waals surface area contributed by atoms with Gasteiger partial charge in [-0.3, -0.25) is 0 Å². The minimum atomic E-state index is -4.41. The van der Waals surface area contributed by atoms with Crippen molar-refractivity contribution in [3.05, 3.63) is 28.2 Å². The van der Waals surface area contributed by atoms with Crippen molar-refractivity contribution in [3.63, 3.8) is 0 Å². The summed E-state index contributed by atoms with van der Waals surface area (Å²) in [5.74, 6) is 0. The summed E-state index contributed by atoms with van der Waals surface area (Å²) in [5, 5.41) is 2.85. The molecule has 0 saturated heterocycles. The fourth-order valence-electron chi connectivity index (χ4n) is 1.27. The van der Waals surface area contributed by atoms with Crippen LogP contribution in [0.4, 0.5) is 18.9 Å². The monoisotopic (exact) mass is 373 g/mol. The standard InChI is InChI=1S/C12H15BrF3NO2S/c1-11(2,20(3,18)19)7-17-10-5-4-8(6-9(10)13)12(14,15)16/h4-6,17H,7H2,1-3H3. The summed E-state index contributed by atoms with van der Waals surface area (Å²) in [6.45, 7) is 3.19. The molecular weight excluding hydrogens is 359 g/mol. The lowest BCUT2D eigenvalue weighted by Crippen LogP contribution is -2.38. The Kier molecular flexibility index (Phi) is 4.80. The molecule has 0 aliphatic heterocycles. The van der Waals surface area contributed by atoms with Gasteiger partial charge in [0.05, 0.1) is 10.3 Å². The van der Waals surface area contributed by atoms with Gasteiger partial charge in [-0.05, 0) is 48.0 Å². The van der Waals surface area contributed by atoms with E-state index in [0.717, 1.165) is 18.4 Å². The third kappa shape index (κ3) is 4.12. The first-order valence-corrected chi connectivity index (χ1v) is 8.33. The zero-order valence-corrected chi connectivity index (χ0v) is 13.6. The molecule has 0 aliphatic carbocycles. The highest BCUT2D eigenvalue weighted by molar-refractivity contribution is 9.10. The van der Waals surface area contributed by atoms with E-state index in [-0.39, 0.29) is 11.0 Å². The number of anilines is 1. The molecule has 8 heteroatoms. The molecule has 0 bridgehead atoms.